The minimum Gasteiger partial charge on any atom is -0.344 e. The van der Waals surface area contributed by atoms with E-state index in [9.17, 15) is 9.59 Å². The Labute approximate surface area is 130 Å². The van der Waals surface area contributed by atoms with Gasteiger partial charge in [-0.1, -0.05) is 13.3 Å². The maximum atomic E-state index is 12.6. The molecule has 116 valence electrons. The van der Waals surface area contributed by atoms with E-state index in [4.69, 9.17) is 0 Å². The highest BCUT2D eigenvalue weighted by Crippen LogP contribution is 2.20. The SMILES string of the molecule is CCCC1NC(=O)CCN(C(C)Cc2ccc(C)s2)C1=O. The number of aryl methyl sites for hydroxylation is 1. The van der Waals surface area contributed by atoms with E-state index in [-0.39, 0.29) is 23.9 Å². The molecular formula is C16H24N2O2S. The van der Waals surface area contributed by atoms with E-state index < -0.39 is 0 Å². The van der Waals surface area contributed by atoms with E-state index in [1.165, 1.54) is 9.75 Å². The molecule has 0 saturated carbocycles. The lowest BCUT2D eigenvalue weighted by Crippen LogP contribution is -2.48. The Morgan fingerprint density at radius 3 is 2.81 bits per heavy atom. The summed E-state index contributed by atoms with van der Waals surface area (Å²) >= 11 is 1.78. The van der Waals surface area contributed by atoms with Crippen LogP contribution < -0.4 is 5.32 Å². The highest BCUT2D eigenvalue weighted by atomic mass is 32.1. The molecule has 0 aliphatic carbocycles. The molecule has 0 radical (unpaired) electrons. The lowest BCUT2D eigenvalue weighted by Gasteiger charge is -2.29. The molecule has 2 unspecified atom stereocenters. The fourth-order valence-corrected chi connectivity index (χ4v) is 3.79. The third-order valence-electron chi connectivity index (χ3n) is 3.90. The first-order valence-electron chi connectivity index (χ1n) is 7.66. The van der Waals surface area contributed by atoms with Crippen LogP contribution in [0.25, 0.3) is 0 Å². The Morgan fingerprint density at radius 2 is 2.19 bits per heavy atom. The van der Waals surface area contributed by atoms with Crippen molar-refractivity contribution in [3.8, 4) is 0 Å². The van der Waals surface area contributed by atoms with Crippen LogP contribution in [0.1, 0.15) is 42.9 Å². The van der Waals surface area contributed by atoms with Crippen molar-refractivity contribution in [2.75, 3.05) is 6.54 Å². The number of hydrogen-bond donors (Lipinski definition) is 1. The molecule has 1 aliphatic heterocycles. The van der Waals surface area contributed by atoms with Crippen LogP contribution in [0.3, 0.4) is 0 Å². The molecule has 1 saturated heterocycles. The van der Waals surface area contributed by atoms with Gasteiger partial charge >= 0.3 is 0 Å². The minimum atomic E-state index is -0.350. The maximum Gasteiger partial charge on any atom is 0.245 e. The van der Waals surface area contributed by atoms with E-state index in [0.717, 1.165) is 12.8 Å². The minimum absolute atomic E-state index is 0.0107. The average Bonchev–Trinajstić information content (AvgIpc) is 2.77. The van der Waals surface area contributed by atoms with Crippen LogP contribution in [0.2, 0.25) is 0 Å². The van der Waals surface area contributed by atoms with Gasteiger partial charge in [-0.2, -0.15) is 0 Å². The lowest BCUT2D eigenvalue weighted by atomic mass is 10.1. The Kier molecular flexibility index (Phi) is 5.39. The van der Waals surface area contributed by atoms with Crippen LogP contribution in [0.5, 0.6) is 0 Å². The summed E-state index contributed by atoms with van der Waals surface area (Å²) in [5.74, 6) is 0.0620. The van der Waals surface area contributed by atoms with E-state index >= 15 is 0 Å². The molecule has 2 rings (SSSR count). The van der Waals surface area contributed by atoms with Gasteiger partial charge in [-0.15, -0.1) is 11.3 Å². The smallest absolute Gasteiger partial charge is 0.245 e. The van der Waals surface area contributed by atoms with Crippen LogP contribution in [-0.2, 0) is 16.0 Å². The molecule has 1 N–H and O–H groups in total. The van der Waals surface area contributed by atoms with Gasteiger partial charge in [0.2, 0.25) is 11.8 Å². The number of thiophene rings is 1. The summed E-state index contributed by atoms with van der Waals surface area (Å²) in [7, 11) is 0. The number of nitrogens with zero attached hydrogens (tertiary/aromatic N) is 1. The molecular weight excluding hydrogens is 284 g/mol. The Balaban J connectivity index is 2.08. The molecule has 0 aromatic carbocycles. The van der Waals surface area contributed by atoms with Crippen LogP contribution in [-0.4, -0.2) is 35.3 Å². The first-order chi connectivity index (χ1) is 10.0. The standard InChI is InChI=1S/C16H24N2O2S/c1-4-5-14-16(20)18(9-8-15(19)17-14)11(2)10-13-7-6-12(3)21-13/h6-7,11,14H,4-5,8-10H2,1-3H3,(H,17,19). The van der Waals surface area contributed by atoms with E-state index in [1.54, 1.807) is 11.3 Å². The van der Waals surface area contributed by atoms with Gasteiger partial charge in [0.25, 0.3) is 0 Å². The number of amides is 2. The van der Waals surface area contributed by atoms with Crippen molar-refractivity contribution in [2.45, 2.75) is 58.5 Å². The Morgan fingerprint density at radius 1 is 1.43 bits per heavy atom. The summed E-state index contributed by atoms with van der Waals surface area (Å²) in [6.45, 7) is 6.73. The topological polar surface area (TPSA) is 49.4 Å². The fourth-order valence-electron chi connectivity index (χ4n) is 2.78. The molecule has 1 aromatic rings. The summed E-state index contributed by atoms with van der Waals surface area (Å²) in [5.41, 5.74) is 0. The summed E-state index contributed by atoms with van der Waals surface area (Å²) in [6.07, 6.45) is 2.87. The molecule has 2 amide bonds. The van der Waals surface area contributed by atoms with Gasteiger partial charge in [0, 0.05) is 35.2 Å². The highest BCUT2D eigenvalue weighted by Gasteiger charge is 2.31. The van der Waals surface area contributed by atoms with E-state index in [0.29, 0.717) is 19.4 Å². The number of carbonyl (C=O) groups is 2. The second-order valence-corrected chi connectivity index (χ2v) is 7.13. The first kappa shape index (κ1) is 16.0. The highest BCUT2D eigenvalue weighted by molar-refractivity contribution is 7.11. The molecule has 1 aromatic heterocycles. The third kappa shape index (κ3) is 4.06. The molecule has 4 nitrogen and oxygen atoms in total. The van der Waals surface area contributed by atoms with Crippen molar-refractivity contribution < 1.29 is 9.59 Å². The summed E-state index contributed by atoms with van der Waals surface area (Å²) in [4.78, 5) is 28.9. The lowest BCUT2D eigenvalue weighted by molar-refractivity contribution is -0.135. The zero-order chi connectivity index (χ0) is 15.4. The molecule has 0 spiro atoms. The predicted octanol–water partition coefficient (Wildman–Crippen LogP) is 2.50. The molecule has 1 aliphatic rings. The first-order valence-corrected chi connectivity index (χ1v) is 8.48. The van der Waals surface area contributed by atoms with Crippen LogP contribution in [0, 0.1) is 6.92 Å². The van der Waals surface area contributed by atoms with Gasteiger partial charge in [0.1, 0.15) is 6.04 Å². The van der Waals surface area contributed by atoms with Gasteiger partial charge in [0.15, 0.2) is 0 Å². The van der Waals surface area contributed by atoms with Crippen molar-refractivity contribution in [3.05, 3.63) is 21.9 Å². The van der Waals surface area contributed by atoms with Gasteiger partial charge < -0.3 is 10.2 Å². The number of hydrogen-bond acceptors (Lipinski definition) is 3. The van der Waals surface area contributed by atoms with Gasteiger partial charge in [0.05, 0.1) is 0 Å². The molecule has 2 atom stereocenters. The largest absolute Gasteiger partial charge is 0.344 e. The van der Waals surface area contributed by atoms with Gasteiger partial charge in [-0.3, -0.25) is 9.59 Å². The summed E-state index contributed by atoms with van der Waals surface area (Å²) in [6, 6.07) is 4.02. The molecule has 21 heavy (non-hydrogen) atoms. The number of nitrogens with one attached hydrogen (secondary N) is 1. The van der Waals surface area contributed by atoms with Crippen LogP contribution >= 0.6 is 11.3 Å². The molecule has 2 heterocycles. The maximum absolute atomic E-state index is 12.6. The van der Waals surface area contributed by atoms with E-state index in [2.05, 4.69) is 31.3 Å². The predicted molar refractivity (Wildman–Crippen MR) is 85.4 cm³/mol. The second kappa shape index (κ2) is 7.07. The Hall–Kier alpha value is -1.36. The molecule has 1 fully saturated rings. The van der Waals surface area contributed by atoms with Crippen molar-refractivity contribution in [1.29, 1.82) is 0 Å². The van der Waals surface area contributed by atoms with Crippen molar-refractivity contribution in [3.63, 3.8) is 0 Å². The monoisotopic (exact) mass is 308 g/mol. The quantitative estimate of drug-likeness (QED) is 0.908. The number of rotatable bonds is 5. The van der Waals surface area contributed by atoms with Crippen LogP contribution in [0.15, 0.2) is 12.1 Å². The Bertz CT molecular complexity index is 512. The molecule has 5 heteroatoms. The second-order valence-electron chi connectivity index (χ2n) is 5.76. The summed E-state index contributed by atoms with van der Waals surface area (Å²) < 4.78 is 0. The van der Waals surface area contributed by atoms with Crippen molar-refractivity contribution in [2.24, 2.45) is 0 Å². The summed E-state index contributed by atoms with van der Waals surface area (Å²) in [5, 5.41) is 2.85. The zero-order valence-electron chi connectivity index (χ0n) is 13.0. The third-order valence-corrected chi connectivity index (χ3v) is 4.92. The van der Waals surface area contributed by atoms with Crippen molar-refractivity contribution in [1.82, 2.24) is 10.2 Å². The average molecular weight is 308 g/mol. The van der Waals surface area contributed by atoms with Gasteiger partial charge in [-0.05, 0) is 32.4 Å². The number of carbonyl (C=O) groups excluding carboxylic acids is 2. The van der Waals surface area contributed by atoms with Crippen molar-refractivity contribution >= 4 is 23.2 Å². The van der Waals surface area contributed by atoms with Gasteiger partial charge in [-0.25, -0.2) is 0 Å². The zero-order valence-corrected chi connectivity index (χ0v) is 13.8. The normalized spacial score (nSPS) is 21.1. The molecule has 0 bridgehead atoms. The van der Waals surface area contributed by atoms with Crippen LogP contribution in [0.4, 0.5) is 0 Å². The fraction of sp³-hybridized carbons (Fsp3) is 0.625. The van der Waals surface area contributed by atoms with E-state index in [1.807, 2.05) is 11.8 Å².